The summed E-state index contributed by atoms with van der Waals surface area (Å²) in [6, 6.07) is 0. The van der Waals surface area contributed by atoms with Crippen molar-refractivity contribution in [2.45, 2.75) is 113 Å². The minimum atomic E-state index is -0.226. The average Bonchev–Trinajstić information content (AvgIpc) is 2.70. The summed E-state index contributed by atoms with van der Waals surface area (Å²) in [4.78, 5) is 12.8. The first-order valence-corrected chi connectivity index (χ1v) is 12.7. The Morgan fingerprint density at radius 2 is 1.22 bits per heavy atom. The molecule has 0 aliphatic carbocycles. The van der Waals surface area contributed by atoms with Crippen LogP contribution in [0.25, 0.3) is 0 Å². The Morgan fingerprint density at radius 1 is 0.750 bits per heavy atom. The van der Waals surface area contributed by atoms with E-state index in [1.165, 1.54) is 44.9 Å². The molecule has 0 fully saturated rings. The van der Waals surface area contributed by atoms with E-state index in [2.05, 4.69) is 27.7 Å². The third-order valence-electron chi connectivity index (χ3n) is 7.00. The van der Waals surface area contributed by atoms with Crippen LogP contribution in [0.1, 0.15) is 119 Å². The van der Waals surface area contributed by atoms with Crippen molar-refractivity contribution in [3.63, 3.8) is 0 Å². The standard InChI is InChI=1S/C29H48O3/c1-19(2)12-9-13-20(3)14-10-15-21(4)16-11-17-22(5)18-26(30)27-25(8)28(31)23(6)24(7)29(27)32/h18-21,31-32H,9-17H2,1-8H3/b22-18-/t20-,21-/m1/s1. The molecule has 0 spiro atoms. The predicted octanol–water partition coefficient (Wildman–Crippen LogP) is 8.59. The number of carbonyl (C=O) groups is 1. The third-order valence-corrected chi connectivity index (χ3v) is 7.00. The van der Waals surface area contributed by atoms with Crippen LogP contribution in [0.4, 0.5) is 0 Å². The Kier molecular flexibility index (Phi) is 12.1. The lowest BCUT2D eigenvalue weighted by atomic mass is 9.91. The van der Waals surface area contributed by atoms with Gasteiger partial charge in [-0.2, -0.15) is 0 Å². The van der Waals surface area contributed by atoms with E-state index in [0.717, 1.165) is 30.3 Å². The highest BCUT2D eigenvalue weighted by atomic mass is 16.3. The fourth-order valence-corrected chi connectivity index (χ4v) is 4.50. The summed E-state index contributed by atoms with van der Waals surface area (Å²) in [5, 5.41) is 20.7. The van der Waals surface area contributed by atoms with Gasteiger partial charge in [-0.3, -0.25) is 4.79 Å². The van der Waals surface area contributed by atoms with Gasteiger partial charge in [-0.1, -0.05) is 78.2 Å². The number of ketones is 1. The lowest BCUT2D eigenvalue weighted by Gasteiger charge is -2.15. The number of carbonyl (C=O) groups excluding carboxylic acids is 1. The van der Waals surface area contributed by atoms with Gasteiger partial charge in [-0.05, 0) is 75.5 Å². The van der Waals surface area contributed by atoms with Gasteiger partial charge in [-0.15, -0.1) is 0 Å². The van der Waals surface area contributed by atoms with Crippen molar-refractivity contribution < 1.29 is 15.0 Å². The third kappa shape index (κ3) is 9.00. The summed E-state index contributed by atoms with van der Waals surface area (Å²) in [5.41, 5.74) is 2.88. The molecular weight excluding hydrogens is 396 g/mol. The van der Waals surface area contributed by atoms with Gasteiger partial charge in [0, 0.05) is 5.56 Å². The Hall–Kier alpha value is -1.77. The minimum Gasteiger partial charge on any atom is -0.507 e. The maximum absolute atomic E-state index is 12.8. The van der Waals surface area contributed by atoms with Gasteiger partial charge in [0.05, 0.1) is 5.56 Å². The molecule has 0 heterocycles. The molecule has 182 valence electrons. The number of benzene rings is 1. The van der Waals surface area contributed by atoms with Gasteiger partial charge in [0.1, 0.15) is 11.5 Å². The van der Waals surface area contributed by atoms with Crippen LogP contribution < -0.4 is 0 Å². The molecule has 0 saturated carbocycles. The summed E-state index contributed by atoms with van der Waals surface area (Å²) in [7, 11) is 0. The monoisotopic (exact) mass is 444 g/mol. The van der Waals surface area contributed by atoms with Crippen LogP contribution in [0.2, 0.25) is 0 Å². The van der Waals surface area contributed by atoms with E-state index in [-0.39, 0.29) is 22.8 Å². The molecule has 0 aliphatic heterocycles. The molecule has 1 aromatic rings. The van der Waals surface area contributed by atoms with Crippen molar-refractivity contribution in [3.8, 4) is 11.5 Å². The van der Waals surface area contributed by atoms with Gasteiger partial charge >= 0.3 is 0 Å². The first-order chi connectivity index (χ1) is 15.0. The second kappa shape index (κ2) is 13.7. The van der Waals surface area contributed by atoms with Crippen LogP contribution in [-0.2, 0) is 0 Å². The number of phenolic OH excluding ortho intramolecular Hbond substituents is 2. The fraction of sp³-hybridized carbons (Fsp3) is 0.690. The van der Waals surface area contributed by atoms with E-state index < -0.39 is 0 Å². The number of hydrogen-bond acceptors (Lipinski definition) is 3. The fourth-order valence-electron chi connectivity index (χ4n) is 4.50. The van der Waals surface area contributed by atoms with E-state index in [1.807, 2.05) is 6.92 Å². The zero-order chi connectivity index (χ0) is 24.4. The normalized spacial score (nSPS) is 14.1. The second-order valence-corrected chi connectivity index (χ2v) is 10.7. The lowest BCUT2D eigenvalue weighted by molar-refractivity contribution is 0.104. The van der Waals surface area contributed by atoms with Crippen molar-refractivity contribution >= 4 is 5.78 Å². The molecule has 0 amide bonds. The minimum absolute atomic E-state index is 0.0149. The maximum Gasteiger partial charge on any atom is 0.189 e. The van der Waals surface area contributed by atoms with E-state index in [4.69, 9.17) is 0 Å². The number of aromatic hydroxyl groups is 2. The number of phenols is 2. The largest absolute Gasteiger partial charge is 0.507 e. The molecule has 2 atom stereocenters. The van der Waals surface area contributed by atoms with Gasteiger partial charge in [0.2, 0.25) is 0 Å². The Labute approximate surface area is 197 Å². The highest BCUT2D eigenvalue weighted by Gasteiger charge is 2.20. The Balaban J connectivity index is 2.45. The molecular formula is C29H48O3. The SMILES string of the molecule is C/C(=C/C(=O)c1c(C)c(O)c(C)c(C)c1O)CCC[C@H](C)CCC[C@H](C)CCCC(C)C. The van der Waals surface area contributed by atoms with Gasteiger partial charge in [0.15, 0.2) is 5.78 Å². The highest BCUT2D eigenvalue weighted by molar-refractivity contribution is 6.08. The molecule has 3 nitrogen and oxygen atoms in total. The van der Waals surface area contributed by atoms with Crippen LogP contribution >= 0.6 is 0 Å². The summed E-state index contributed by atoms with van der Waals surface area (Å²) in [6.45, 7) is 16.5. The van der Waals surface area contributed by atoms with E-state index in [1.54, 1.807) is 26.8 Å². The summed E-state index contributed by atoms with van der Waals surface area (Å²) >= 11 is 0. The molecule has 0 saturated heterocycles. The molecule has 0 aromatic heterocycles. The van der Waals surface area contributed by atoms with E-state index in [9.17, 15) is 15.0 Å². The first-order valence-electron chi connectivity index (χ1n) is 12.7. The molecule has 1 aromatic carbocycles. The van der Waals surface area contributed by atoms with Gasteiger partial charge < -0.3 is 10.2 Å². The molecule has 0 bridgehead atoms. The van der Waals surface area contributed by atoms with Crippen LogP contribution in [-0.4, -0.2) is 16.0 Å². The van der Waals surface area contributed by atoms with Crippen LogP contribution in [0.3, 0.4) is 0 Å². The van der Waals surface area contributed by atoms with Crippen LogP contribution in [0.15, 0.2) is 11.6 Å². The number of allylic oxidation sites excluding steroid dienone is 2. The molecule has 0 aliphatic rings. The molecule has 32 heavy (non-hydrogen) atoms. The van der Waals surface area contributed by atoms with Crippen molar-refractivity contribution in [1.29, 1.82) is 0 Å². The van der Waals surface area contributed by atoms with E-state index >= 15 is 0 Å². The zero-order valence-electron chi connectivity index (χ0n) is 22.0. The van der Waals surface area contributed by atoms with Crippen LogP contribution in [0, 0.1) is 38.5 Å². The topological polar surface area (TPSA) is 57.5 Å². The molecule has 0 unspecified atom stereocenters. The van der Waals surface area contributed by atoms with Crippen molar-refractivity contribution in [2.75, 3.05) is 0 Å². The lowest BCUT2D eigenvalue weighted by Crippen LogP contribution is -2.03. The predicted molar refractivity (Wildman–Crippen MR) is 137 cm³/mol. The smallest absolute Gasteiger partial charge is 0.189 e. The summed E-state index contributed by atoms with van der Waals surface area (Å²) < 4.78 is 0. The average molecular weight is 445 g/mol. The number of rotatable bonds is 14. The van der Waals surface area contributed by atoms with E-state index in [0.29, 0.717) is 22.6 Å². The molecule has 1 rings (SSSR count). The molecule has 3 heteroatoms. The molecule has 0 radical (unpaired) electrons. The summed E-state index contributed by atoms with van der Waals surface area (Å²) in [6.07, 6.45) is 12.8. The van der Waals surface area contributed by atoms with Gasteiger partial charge in [0.25, 0.3) is 0 Å². The second-order valence-electron chi connectivity index (χ2n) is 10.7. The molecule has 2 N–H and O–H groups in total. The van der Waals surface area contributed by atoms with Crippen molar-refractivity contribution in [3.05, 3.63) is 33.9 Å². The quantitative estimate of drug-likeness (QED) is 0.171. The zero-order valence-corrected chi connectivity index (χ0v) is 22.0. The summed E-state index contributed by atoms with van der Waals surface area (Å²) in [5.74, 6) is 2.22. The first kappa shape index (κ1) is 28.3. The maximum atomic E-state index is 12.8. The van der Waals surface area contributed by atoms with Crippen molar-refractivity contribution in [1.82, 2.24) is 0 Å². The highest BCUT2D eigenvalue weighted by Crippen LogP contribution is 2.36. The Bertz CT molecular complexity index is 744. The van der Waals surface area contributed by atoms with Gasteiger partial charge in [-0.25, -0.2) is 0 Å². The number of hydrogen-bond donors (Lipinski definition) is 2. The Morgan fingerprint density at radius 3 is 1.75 bits per heavy atom. The van der Waals surface area contributed by atoms with Crippen LogP contribution in [0.5, 0.6) is 11.5 Å². The van der Waals surface area contributed by atoms with Crippen molar-refractivity contribution in [2.24, 2.45) is 17.8 Å².